The highest BCUT2D eigenvalue weighted by Gasteiger charge is 2.38. The van der Waals surface area contributed by atoms with Gasteiger partial charge in [0.25, 0.3) is 0 Å². The van der Waals surface area contributed by atoms with Crippen LogP contribution in [0.15, 0.2) is 48.5 Å². The maximum atomic E-state index is 14.3. The standard InChI is InChI=1S/C34H49N3O8S/c1-22-20-24(14-15-27(22)39)28(29(40)35-26(31(42)44-33(2,3)4)21-23-12-10-9-11-13-23)37(17-18-38)30(41)25(16-19-46-8)36-32(43)45-34(5,6)7/h9-15,20,25-26,28,38-39H,16-19,21H2,1-8H3,(H,35,40)(H,36,43). The van der Waals surface area contributed by atoms with Gasteiger partial charge in [0.05, 0.1) is 6.61 Å². The lowest BCUT2D eigenvalue weighted by Crippen LogP contribution is -2.55. The Morgan fingerprint density at radius 2 is 1.54 bits per heavy atom. The van der Waals surface area contributed by atoms with Crippen molar-refractivity contribution in [1.29, 1.82) is 0 Å². The van der Waals surface area contributed by atoms with E-state index in [1.54, 1.807) is 54.5 Å². The van der Waals surface area contributed by atoms with E-state index in [1.165, 1.54) is 28.8 Å². The molecular formula is C34H49N3O8S. The molecule has 254 valence electrons. The smallest absolute Gasteiger partial charge is 0.408 e. The number of aryl methyl sites for hydroxylation is 1. The number of nitrogens with one attached hydrogen (secondary N) is 2. The SMILES string of the molecule is CSCCC(NC(=O)OC(C)(C)C)C(=O)N(CCO)C(C(=O)NC(Cc1ccccc1)C(=O)OC(C)(C)C)c1ccc(O)c(C)c1. The number of esters is 1. The highest BCUT2D eigenvalue weighted by Crippen LogP contribution is 2.28. The average molecular weight is 660 g/mol. The number of aliphatic hydroxyl groups is 1. The summed E-state index contributed by atoms with van der Waals surface area (Å²) in [6, 6.07) is 10.0. The molecule has 2 aromatic carbocycles. The highest BCUT2D eigenvalue weighted by atomic mass is 32.2. The molecule has 0 saturated heterocycles. The molecule has 46 heavy (non-hydrogen) atoms. The van der Waals surface area contributed by atoms with Crippen molar-refractivity contribution in [1.82, 2.24) is 15.5 Å². The normalized spacial score (nSPS) is 13.6. The maximum absolute atomic E-state index is 14.3. The number of aromatic hydroxyl groups is 1. The Kier molecular flexibility index (Phi) is 14.4. The summed E-state index contributed by atoms with van der Waals surface area (Å²) in [4.78, 5) is 55.9. The van der Waals surface area contributed by atoms with Gasteiger partial charge in [-0.05, 0) is 95.7 Å². The van der Waals surface area contributed by atoms with Crippen molar-refractivity contribution < 1.29 is 38.9 Å². The molecule has 3 amide bonds. The Hall–Kier alpha value is -3.77. The zero-order valence-corrected chi connectivity index (χ0v) is 28.9. The molecule has 0 aliphatic heterocycles. The second-order valence-electron chi connectivity index (χ2n) is 13.0. The molecule has 11 nitrogen and oxygen atoms in total. The number of carbonyl (C=O) groups is 4. The molecule has 0 bridgehead atoms. The van der Waals surface area contributed by atoms with Gasteiger partial charge in [0, 0.05) is 13.0 Å². The van der Waals surface area contributed by atoms with Crippen molar-refractivity contribution in [2.75, 3.05) is 25.2 Å². The first-order valence-corrected chi connectivity index (χ1v) is 16.6. The van der Waals surface area contributed by atoms with Crippen LogP contribution in [-0.2, 0) is 30.3 Å². The number of hydrogen-bond donors (Lipinski definition) is 4. The molecular weight excluding hydrogens is 610 g/mol. The van der Waals surface area contributed by atoms with Crippen LogP contribution >= 0.6 is 11.8 Å². The van der Waals surface area contributed by atoms with Gasteiger partial charge in [0.1, 0.15) is 35.1 Å². The molecule has 2 rings (SSSR count). The van der Waals surface area contributed by atoms with Crippen LogP contribution in [0.2, 0.25) is 0 Å². The number of hydrogen-bond acceptors (Lipinski definition) is 9. The molecule has 3 atom stereocenters. The van der Waals surface area contributed by atoms with Crippen molar-refractivity contribution in [3.05, 3.63) is 65.2 Å². The van der Waals surface area contributed by atoms with E-state index in [-0.39, 0.29) is 25.1 Å². The van der Waals surface area contributed by atoms with E-state index in [2.05, 4.69) is 10.6 Å². The molecule has 2 aromatic rings. The number of amides is 3. The molecule has 0 radical (unpaired) electrons. The van der Waals surface area contributed by atoms with Gasteiger partial charge >= 0.3 is 12.1 Å². The summed E-state index contributed by atoms with van der Waals surface area (Å²) in [5.74, 6) is -1.50. The summed E-state index contributed by atoms with van der Waals surface area (Å²) in [6.45, 7) is 11.2. The number of thioether (sulfide) groups is 1. The van der Waals surface area contributed by atoms with Crippen molar-refractivity contribution in [3.8, 4) is 5.75 Å². The van der Waals surface area contributed by atoms with Crippen LogP contribution in [0, 0.1) is 6.92 Å². The molecule has 0 saturated carbocycles. The Bertz CT molecular complexity index is 1320. The number of nitrogens with zero attached hydrogens (tertiary/aromatic N) is 1. The quantitative estimate of drug-likeness (QED) is 0.218. The number of benzene rings is 2. The predicted octanol–water partition coefficient (Wildman–Crippen LogP) is 4.28. The number of alkyl carbamates (subject to hydrolysis) is 1. The van der Waals surface area contributed by atoms with Gasteiger partial charge in [-0.2, -0.15) is 11.8 Å². The Morgan fingerprint density at radius 3 is 2.09 bits per heavy atom. The number of phenols is 1. The van der Waals surface area contributed by atoms with Crippen LogP contribution in [-0.4, -0.2) is 87.4 Å². The minimum atomic E-state index is -1.35. The molecule has 0 fully saturated rings. The zero-order valence-electron chi connectivity index (χ0n) is 28.1. The Balaban J connectivity index is 2.60. The minimum absolute atomic E-state index is 0.0110. The van der Waals surface area contributed by atoms with E-state index in [0.717, 1.165) is 5.56 Å². The topological polar surface area (TPSA) is 154 Å². The summed E-state index contributed by atoms with van der Waals surface area (Å²) in [7, 11) is 0. The summed E-state index contributed by atoms with van der Waals surface area (Å²) >= 11 is 1.47. The predicted molar refractivity (Wildman–Crippen MR) is 178 cm³/mol. The molecule has 0 heterocycles. The van der Waals surface area contributed by atoms with Crippen molar-refractivity contribution in [3.63, 3.8) is 0 Å². The van der Waals surface area contributed by atoms with E-state index >= 15 is 0 Å². The van der Waals surface area contributed by atoms with E-state index < -0.39 is 59.8 Å². The third kappa shape index (κ3) is 12.6. The number of aliphatic hydroxyl groups excluding tert-OH is 1. The summed E-state index contributed by atoms with van der Waals surface area (Å²) in [5.41, 5.74) is -0.0917. The fourth-order valence-corrected chi connectivity index (χ4v) is 5.08. The Morgan fingerprint density at radius 1 is 0.913 bits per heavy atom. The van der Waals surface area contributed by atoms with E-state index in [1.807, 2.05) is 36.6 Å². The fourth-order valence-electron chi connectivity index (χ4n) is 4.61. The number of carbonyl (C=O) groups excluding carboxylic acids is 4. The van der Waals surface area contributed by atoms with Gasteiger partial charge in [-0.25, -0.2) is 9.59 Å². The summed E-state index contributed by atoms with van der Waals surface area (Å²) in [6.07, 6.45) is 1.40. The lowest BCUT2D eigenvalue weighted by atomic mass is 9.98. The second kappa shape index (κ2) is 17.2. The lowest BCUT2D eigenvalue weighted by Gasteiger charge is -2.35. The third-order valence-electron chi connectivity index (χ3n) is 6.61. The molecule has 4 N–H and O–H groups in total. The molecule has 0 aliphatic rings. The first-order chi connectivity index (χ1) is 21.5. The fraction of sp³-hybridized carbons (Fsp3) is 0.529. The average Bonchev–Trinajstić information content (AvgIpc) is 2.94. The summed E-state index contributed by atoms with van der Waals surface area (Å²) in [5, 5.41) is 25.8. The zero-order chi connectivity index (χ0) is 34.7. The van der Waals surface area contributed by atoms with E-state index in [9.17, 15) is 29.4 Å². The molecule has 0 aliphatic carbocycles. The van der Waals surface area contributed by atoms with Crippen molar-refractivity contribution >= 4 is 35.6 Å². The van der Waals surface area contributed by atoms with Crippen LogP contribution in [0.5, 0.6) is 5.75 Å². The summed E-state index contributed by atoms with van der Waals surface area (Å²) < 4.78 is 11.0. The largest absolute Gasteiger partial charge is 0.508 e. The monoisotopic (exact) mass is 659 g/mol. The second-order valence-corrected chi connectivity index (χ2v) is 14.0. The van der Waals surface area contributed by atoms with Crippen LogP contribution in [0.1, 0.15) is 70.7 Å². The first kappa shape index (κ1) is 38.4. The third-order valence-corrected chi connectivity index (χ3v) is 7.25. The van der Waals surface area contributed by atoms with Gasteiger partial charge in [0.2, 0.25) is 11.8 Å². The van der Waals surface area contributed by atoms with Crippen LogP contribution in [0.25, 0.3) is 0 Å². The van der Waals surface area contributed by atoms with Crippen LogP contribution in [0.4, 0.5) is 4.79 Å². The van der Waals surface area contributed by atoms with Crippen LogP contribution in [0.3, 0.4) is 0 Å². The van der Waals surface area contributed by atoms with Gasteiger partial charge in [0.15, 0.2) is 0 Å². The highest BCUT2D eigenvalue weighted by molar-refractivity contribution is 7.98. The number of rotatable bonds is 14. The first-order valence-electron chi connectivity index (χ1n) is 15.2. The Labute approximate surface area is 276 Å². The number of phenolic OH excluding ortho intramolecular Hbond substituents is 1. The lowest BCUT2D eigenvalue weighted by molar-refractivity contribution is -0.159. The maximum Gasteiger partial charge on any atom is 0.408 e. The van der Waals surface area contributed by atoms with Gasteiger partial charge in [-0.15, -0.1) is 0 Å². The van der Waals surface area contributed by atoms with Gasteiger partial charge in [-0.3, -0.25) is 9.59 Å². The van der Waals surface area contributed by atoms with E-state index in [0.29, 0.717) is 16.9 Å². The molecule has 0 spiro atoms. The van der Waals surface area contributed by atoms with E-state index in [4.69, 9.17) is 9.47 Å². The van der Waals surface area contributed by atoms with Crippen LogP contribution < -0.4 is 10.6 Å². The minimum Gasteiger partial charge on any atom is -0.508 e. The number of ether oxygens (including phenoxy) is 2. The molecule has 12 heteroatoms. The van der Waals surface area contributed by atoms with Crippen molar-refractivity contribution in [2.24, 2.45) is 0 Å². The molecule has 0 aromatic heterocycles. The van der Waals surface area contributed by atoms with Gasteiger partial charge in [-0.1, -0.05) is 36.4 Å². The molecule has 3 unspecified atom stereocenters. The van der Waals surface area contributed by atoms with Gasteiger partial charge < -0.3 is 35.2 Å². The van der Waals surface area contributed by atoms with Crippen molar-refractivity contribution in [2.45, 2.75) is 90.6 Å².